The predicted molar refractivity (Wildman–Crippen MR) is 97.9 cm³/mol. The van der Waals surface area contributed by atoms with Crippen LogP contribution in [0.25, 0.3) is 17.4 Å². The number of benzene rings is 1. The van der Waals surface area contributed by atoms with E-state index in [-0.39, 0.29) is 17.1 Å². The summed E-state index contributed by atoms with van der Waals surface area (Å²) in [5.41, 5.74) is 0.623. The van der Waals surface area contributed by atoms with Gasteiger partial charge in [-0.1, -0.05) is 23.7 Å². The minimum absolute atomic E-state index is 0.0464. The number of carbonyl (C=O) groups is 1. The number of hydrogen-bond acceptors (Lipinski definition) is 5. The summed E-state index contributed by atoms with van der Waals surface area (Å²) >= 11 is 5.96. The minimum atomic E-state index is -3.11. The van der Waals surface area contributed by atoms with Crippen molar-refractivity contribution in [3.8, 4) is 17.4 Å². The molecule has 1 atom stereocenters. The van der Waals surface area contributed by atoms with Gasteiger partial charge in [0.05, 0.1) is 11.5 Å². The first-order chi connectivity index (χ1) is 12.4. The van der Waals surface area contributed by atoms with Crippen LogP contribution in [0.1, 0.15) is 12.2 Å². The monoisotopic (exact) mass is 390 g/mol. The number of nitrogens with zero attached hydrogens (tertiary/aromatic N) is 1. The largest absolute Gasteiger partial charge is 0.457 e. The molecule has 0 unspecified atom stereocenters. The molecule has 0 saturated carbocycles. The molecule has 1 aliphatic heterocycles. The quantitative estimate of drug-likeness (QED) is 0.639. The molecule has 6 nitrogen and oxygen atoms in total. The molecule has 1 N–H and O–H groups in total. The van der Waals surface area contributed by atoms with Crippen LogP contribution in [0.5, 0.6) is 0 Å². The Bertz CT molecular complexity index is 1020. The molecule has 2 heterocycles. The van der Waals surface area contributed by atoms with E-state index in [1.807, 2.05) is 12.1 Å². The van der Waals surface area contributed by atoms with Crippen LogP contribution in [0.15, 0.2) is 46.4 Å². The lowest BCUT2D eigenvalue weighted by Crippen LogP contribution is -2.36. The van der Waals surface area contributed by atoms with Crippen molar-refractivity contribution in [2.24, 2.45) is 0 Å². The smallest absolute Gasteiger partial charge is 0.262 e. The molecule has 0 spiro atoms. The fourth-order valence-electron chi connectivity index (χ4n) is 2.69. The Morgan fingerprint density at radius 3 is 2.81 bits per heavy atom. The molecule has 0 bridgehead atoms. The molecule has 8 heteroatoms. The second-order valence-electron chi connectivity index (χ2n) is 5.96. The van der Waals surface area contributed by atoms with Gasteiger partial charge in [0.2, 0.25) is 0 Å². The summed E-state index contributed by atoms with van der Waals surface area (Å²) in [6.45, 7) is 0. The van der Waals surface area contributed by atoms with Gasteiger partial charge in [0.1, 0.15) is 23.2 Å². The average Bonchev–Trinajstić information content (AvgIpc) is 3.18. The summed E-state index contributed by atoms with van der Waals surface area (Å²) in [6.07, 6.45) is 1.68. The fraction of sp³-hybridized carbons (Fsp3) is 0.222. The van der Waals surface area contributed by atoms with Gasteiger partial charge in [-0.25, -0.2) is 8.42 Å². The van der Waals surface area contributed by atoms with Crippen molar-refractivity contribution >= 4 is 33.4 Å². The Hall–Kier alpha value is -2.56. The van der Waals surface area contributed by atoms with Gasteiger partial charge >= 0.3 is 0 Å². The van der Waals surface area contributed by atoms with Crippen LogP contribution in [-0.4, -0.2) is 31.9 Å². The summed E-state index contributed by atoms with van der Waals surface area (Å²) in [6, 6.07) is 11.8. The number of rotatable bonds is 4. The van der Waals surface area contributed by atoms with Gasteiger partial charge in [0.25, 0.3) is 5.91 Å². The van der Waals surface area contributed by atoms with Crippen molar-refractivity contribution in [1.82, 2.24) is 5.32 Å². The van der Waals surface area contributed by atoms with Crippen molar-refractivity contribution in [3.63, 3.8) is 0 Å². The molecular formula is C18H15ClN2O4S. The maximum absolute atomic E-state index is 12.2. The van der Waals surface area contributed by atoms with E-state index in [1.54, 1.807) is 30.3 Å². The highest BCUT2D eigenvalue weighted by Crippen LogP contribution is 2.25. The number of hydrogen-bond donors (Lipinski definition) is 1. The van der Waals surface area contributed by atoms with E-state index in [0.29, 0.717) is 23.0 Å². The molecule has 0 aliphatic carbocycles. The lowest BCUT2D eigenvalue weighted by molar-refractivity contribution is -0.117. The molecule has 134 valence electrons. The lowest BCUT2D eigenvalue weighted by Gasteiger charge is -2.09. The van der Waals surface area contributed by atoms with Crippen molar-refractivity contribution in [1.29, 1.82) is 5.26 Å². The van der Waals surface area contributed by atoms with Crippen LogP contribution >= 0.6 is 11.6 Å². The van der Waals surface area contributed by atoms with Gasteiger partial charge < -0.3 is 9.73 Å². The van der Waals surface area contributed by atoms with Gasteiger partial charge in [-0.15, -0.1) is 0 Å². The molecule has 1 fully saturated rings. The summed E-state index contributed by atoms with van der Waals surface area (Å²) in [7, 11) is -3.11. The van der Waals surface area contributed by atoms with Crippen LogP contribution in [0.2, 0.25) is 5.02 Å². The highest BCUT2D eigenvalue weighted by atomic mass is 35.5. The molecule has 26 heavy (non-hydrogen) atoms. The molecule has 2 aromatic rings. The summed E-state index contributed by atoms with van der Waals surface area (Å²) in [5.74, 6) is 0.223. The number of nitriles is 1. The van der Waals surface area contributed by atoms with Crippen molar-refractivity contribution in [2.75, 3.05) is 11.5 Å². The summed E-state index contributed by atoms with van der Waals surface area (Å²) in [4.78, 5) is 12.2. The number of amides is 1. The first-order valence-electron chi connectivity index (χ1n) is 7.85. The van der Waals surface area contributed by atoms with E-state index in [2.05, 4.69) is 5.32 Å². The fourth-order valence-corrected chi connectivity index (χ4v) is 4.55. The molecule has 1 amide bonds. The topological polar surface area (TPSA) is 100 Å². The van der Waals surface area contributed by atoms with Crippen LogP contribution in [0.4, 0.5) is 0 Å². The minimum Gasteiger partial charge on any atom is -0.457 e. The zero-order valence-electron chi connectivity index (χ0n) is 13.6. The SMILES string of the molecule is N#C/C(=C/c1ccc(-c2cccc(Cl)c2)o1)C(=O)N[C@@H]1CCS(=O)(=O)C1. The molecule has 1 aliphatic rings. The predicted octanol–water partition coefficient (Wildman–Crippen LogP) is 2.81. The van der Waals surface area contributed by atoms with Crippen molar-refractivity contribution in [3.05, 3.63) is 52.8 Å². The van der Waals surface area contributed by atoms with Crippen molar-refractivity contribution < 1.29 is 17.6 Å². The summed E-state index contributed by atoms with van der Waals surface area (Å²) < 4.78 is 28.6. The van der Waals surface area contributed by atoms with Gasteiger partial charge in [-0.05, 0) is 30.7 Å². The summed E-state index contributed by atoms with van der Waals surface area (Å²) in [5, 5.41) is 12.4. The number of nitrogens with one attached hydrogen (secondary N) is 1. The molecular weight excluding hydrogens is 376 g/mol. The van der Waals surface area contributed by atoms with Gasteiger partial charge in [-0.2, -0.15) is 5.26 Å². The van der Waals surface area contributed by atoms with Crippen LogP contribution < -0.4 is 5.32 Å². The van der Waals surface area contributed by atoms with Gasteiger partial charge in [0.15, 0.2) is 9.84 Å². The second kappa shape index (κ2) is 7.36. The first-order valence-corrected chi connectivity index (χ1v) is 10.0. The highest BCUT2D eigenvalue weighted by Gasteiger charge is 2.29. The van der Waals surface area contributed by atoms with E-state index in [1.165, 1.54) is 6.08 Å². The Morgan fingerprint density at radius 2 is 2.15 bits per heavy atom. The van der Waals surface area contributed by atoms with Crippen LogP contribution in [-0.2, 0) is 14.6 Å². The highest BCUT2D eigenvalue weighted by molar-refractivity contribution is 7.91. The van der Waals surface area contributed by atoms with Gasteiger partial charge in [0, 0.05) is 22.7 Å². The number of furan rings is 1. The Morgan fingerprint density at radius 1 is 1.35 bits per heavy atom. The zero-order valence-corrected chi connectivity index (χ0v) is 15.2. The van der Waals surface area contributed by atoms with E-state index >= 15 is 0 Å². The Balaban J connectivity index is 1.75. The maximum Gasteiger partial charge on any atom is 0.262 e. The van der Waals surface area contributed by atoms with E-state index in [9.17, 15) is 18.5 Å². The Labute approximate surface area is 156 Å². The third-order valence-corrected chi connectivity index (χ3v) is 5.96. The van der Waals surface area contributed by atoms with Gasteiger partial charge in [-0.3, -0.25) is 4.79 Å². The number of halogens is 1. The normalized spacial score (nSPS) is 19.1. The third-order valence-electron chi connectivity index (χ3n) is 3.96. The van der Waals surface area contributed by atoms with E-state index < -0.39 is 21.8 Å². The second-order valence-corrected chi connectivity index (χ2v) is 8.62. The number of carbonyl (C=O) groups excluding carboxylic acids is 1. The lowest BCUT2D eigenvalue weighted by atomic mass is 10.2. The van der Waals surface area contributed by atoms with Crippen LogP contribution in [0.3, 0.4) is 0 Å². The third kappa shape index (κ3) is 4.34. The van der Waals surface area contributed by atoms with Crippen molar-refractivity contribution in [2.45, 2.75) is 12.5 Å². The molecule has 0 radical (unpaired) electrons. The number of sulfone groups is 1. The van der Waals surface area contributed by atoms with Crippen LogP contribution in [0, 0.1) is 11.3 Å². The van der Waals surface area contributed by atoms with E-state index in [4.69, 9.17) is 16.0 Å². The first kappa shape index (κ1) is 18.2. The van der Waals surface area contributed by atoms with E-state index in [0.717, 1.165) is 5.56 Å². The molecule has 3 rings (SSSR count). The zero-order chi connectivity index (χ0) is 18.7. The molecule has 1 aromatic heterocycles. The standard InChI is InChI=1S/C18H15ClN2O4S/c19-14-3-1-2-12(8-14)17-5-4-16(25-17)9-13(10-20)18(22)21-15-6-7-26(23,24)11-15/h1-5,8-9,15H,6-7,11H2,(H,21,22)/b13-9-/t15-/m1/s1. The maximum atomic E-state index is 12.2. The average molecular weight is 391 g/mol. The molecule has 1 saturated heterocycles. The Kier molecular flexibility index (Phi) is 5.16. The molecule has 1 aromatic carbocycles.